The number of aromatic nitrogens is 2. The summed E-state index contributed by atoms with van der Waals surface area (Å²) in [5.41, 5.74) is 11.4. The molecular weight excluding hydrogens is 447 g/mol. The molecule has 0 aliphatic carbocycles. The van der Waals surface area contributed by atoms with Gasteiger partial charge >= 0.3 is 6.18 Å². The molecule has 1 aromatic heterocycles. The highest BCUT2D eigenvalue weighted by molar-refractivity contribution is 6.33. The molecule has 2 amide bonds. The summed E-state index contributed by atoms with van der Waals surface area (Å²) in [7, 11) is 0. The third-order valence-corrected chi connectivity index (χ3v) is 4.78. The number of nitrogens with two attached hydrogens (primary N) is 2. The Kier molecular flexibility index (Phi) is 6.64. The summed E-state index contributed by atoms with van der Waals surface area (Å²) < 4.78 is 38.7. The third-order valence-electron chi connectivity index (χ3n) is 4.45. The summed E-state index contributed by atoms with van der Waals surface area (Å²) in [6.07, 6.45) is -2.85. The van der Waals surface area contributed by atoms with Gasteiger partial charge in [-0.15, -0.1) is 0 Å². The molecule has 0 fully saturated rings. The molecule has 0 saturated carbocycles. The van der Waals surface area contributed by atoms with Crippen LogP contribution in [0.1, 0.15) is 43.2 Å². The van der Waals surface area contributed by atoms with Crippen LogP contribution in [0.4, 0.5) is 19.0 Å². The summed E-state index contributed by atoms with van der Waals surface area (Å²) in [6.45, 7) is 0.0548. The average Bonchev–Trinajstić information content (AvgIpc) is 2.73. The number of alkyl halides is 3. The van der Waals surface area contributed by atoms with Crippen molar-refractivity contribution in [3.05, 3.63) is 87.3 Å². The number of nitrogens with zero attached hydrogens (tertiary/aromatic N) is 2. The van der Waals surface area contributed by atoms with Gasteiger partial charge < -0.3 is 16.8 Å². The van der Waals surface area contributed by atoms with Crippen LogP contribution >= 0.6 is 11.6 Å². The van der Waals surface area contributed by atoms with Crippen LogP contribution in [0.25, 0.3) is 0 Å². The summed E-state index contributed by atoms with van der Waals surface area (Å²) >= 11 is 5.90. The van der Waals surface area contributed by atoms with Gasteiger partial charge in [-0.1, -0.05) is 35.9 Å². The lowest BCUT2D eigenvalue weighted by molar-refractivity contribution is -0.137. The number of nitrogen functional groups attached to an aromatic ring is 1. The fraction of sp³-hybridized carbons (Fsp3) is 0.143. The summed E-state index contributed by atoms with van der Waals surface area (Å²) in [5.74, 6) is -1.59. The van der Waals surface area contributed by atoms with E-state index < -0.39 is 23.6 Å². The number of carbonyl (C=O) groups is 2. The van der Waals surface area contributed by atoms with Crippen LogP contribution in [0.3, 0.4) is 0 Å². The van der Waals surface area contributed by atoms with E-state index in [0.29, 0.717) is 23.7 Å². The number of anilines is 1. The van der Waals surface area contributed by atoms with Crippen LogP contribution < -0.4 is 16.8 Å². The van der Waals surface area contributed by atoms with E-state index in [0.717, 1.165) is 17.7 Å². The molecule has 2 aromatic carbocycles. The van der Waals surface area contributed by atoms with Crippen molar-refractivity contribution in [1.29, 1.82) is 0 Å². The molecule has 0 spiro atoms. The third kappa shape index (κ3) is 5.52. The number of nitrogens with one attached hydrogen (secondary N) is 1. The van der Waals surface area contributed by atoms with Gasteiger partial charge in [0.2, 0.25) is 0 Å². The van der Waals surface area contributed by atoms with Gasteiger partial charge in [0.15, 0.2) is 11.5 Å². The molecule has 32 heavy (non-hydrogen) atoms. The number of benzene rings is 2. The topological polar surface area (TPSA) is 124 Å². The van der Waals surface area contributed by atoms with Crippen molar-refractivity contribution in [2.45, 2.75) is 19.1 Å². The molecule has 0 unspecified atom stereocenters. The Morgan fingerprint density at radius 1 is 1.09 bits per heavy atom. The summed E-state index contributed by atoms with van der Waals surface area (Å²) in [4.78, 5) is 31.8. The number of amides is 2. The largest absolute Gasteiger partial charge is 0.416 e. The Labute approximate surface area is 185 Å². The lowest BCUT2D eigenvalue weighted by atomic mass is 10.1. The van der Waals surface area contributed by atoms with Crippen LogP contribution in [0.2, 0.25) is 5.02 Å². The normalized spacial score (nSPS) is 11.2. The lowest BCUT2D eigenvalue weighted by Crippen LogP contribution is -2.23. The van der Waals surface area contributed by atoms with Crippen LogP contribution in [-0.4, -0.2) is 21.8 Å². The predicted octanol–water partition coefficient (Wildman–Crippen LogP) is 3.35. The van der Waals surface area contributed by atoms with Gasteiger partial charge in [0.25, 0.3) is 11.8 Å². The fourth-order valence-electron chi connectivity index (χ4n) is 2.91. The van der Waals surface area contributed by atoms with Crippen LogP contribution in [0.5, 0.6) is 0 Å². The molecule has 166 valence electrons. The SMILES string of the molecule is NC(=O)c1nc(Cc2cccc(CNC(=O)c3cc(C(F)(F)F)ccc3Cl)c2)cnc1N. The van der Waals surface area contributed by atoms with E-state index >= 15 is 0 Å². The highest BCUT2D eigenvalue weighted by atomic mass is 35.5. The average molecular weight is 464 g/mol. The number of carbonyl (C=O) groups excluding carboxylic acids is 2. The van der Waals surface area contributed by atoms with E-state index in [-0.39, 0.29) is 28.6 Å². The Hall–Kier alpha value is -3.66. The van der Waals surface area contributed by atoms with Crippen LogP contribution in [-0.2, 0) is 19.1 Å². The lowest BCUT2D eigenvalue weighted by Gasteiger charge is -2.11. The maximum atomic E-state index is 12.9. The first-order valence-electron chi connectivity index (χ1n) is 9.18. The van der Waals surface area contributed by atoms with Gasteiger partial charge in [-0.3, -0.25) is 9.59 Å². The minimum atomic E-state index is -4.59. The van der Waals surface area contributed by atoms with Crippen LogP contribution in [0, 0.1) is 0 Å². The second kappa shape index (κ2) is 9.23. The van der Waals surface area contributed by atoms with Crippen LogP contribution in [0.15, 0.2) is 48.7 Å². The van der Waals surface area contributed by atoms with Crippen molar-refractivity contribution in [1.82, 2.24) is 15.3 Å². The quantitative estimate of drug-likeness (QED) is 0.517. The first-order valence-corrected chi connectivity index (χ1v) is 9.56. The molecule has 1 heterocycles. The Morgan fingerprint density at radius 2 is 1.81 bits per heavy atom. The predicted molar refractivity (Wildman–Crippen MR) is 112 cm³/mol. The zero-order valence-electron chi connectivity index (χ0n) is 16.4. The number of rotatable bonds is 6. The molecule has 0 aliphatic heterocycles. The number of hydrogen-bond donors (Lipinski definition) is 3. The molecule has 3 aromatic rings. The van der Waals surface area contributed by atoms with Crippen molar-refractivity contribution >= 4 is 29.2 Å². The molecule has 11 heteroatoms. The highest BCUT2D eigenvalue weighted by Crippen LogP contribution is 2.31. The van der Waals surface area contributed by atoms with Gasteiger partial charge in [-0.25, -0.2) is 9.97 Å². The number of halogens is 4. The van der Waals surface area contributed by atoms with Gasteiger partial charge in [0.1, 0.15) is 0 Å². The van der Waals surface area contributed by atoms with E-state index in [1.165, 1.54) is 6.20 Å². The Balaban J connectivity index is 1.71. The zero-order valence-corrected chi connectivity index (χ0v) is 17.2. The minimum absolute atomic E-state index is 0.0548. The standard InChI is InChI=1S/C21H17ClF3N5O2/c22-16-5-4-13(21(23,24)25)8-15(16)20(32)29-9-12-3-1-2-11(6-12)7-14-10-28-18(26)17(30-14)19(27)31/h1-6,8,10H,7,9H2,(H2,26,28)(H2,27,31)(H,29,32). The second-order valence-electron chi connectivity index (χ2n) is 6.83. The Morgan fingerprint density at radius 3 is 2.50 bits per heavy atom. The van der Waals surface area contributed by atoms with Crippen molar-refractivity contribution in [2.24, 2.45) is 5.73 Å². The Bertz CT molecular complexity index is 1180. The van der Waals surface area contributed by atoms with E-state index in [9.17, 15) is 22.8 Å². The minimum Gasteiger partial charge on any atom is -0.382 e. The monoisotopic (exact) mass is 463 g/mol. The zero-order chi connectivity index (χ0) is 23.5. The fourth-order valence-corrected chi connectivity index (χ4v) is 3.12. The van der Waals surface area contributed by atoms with E-state index in [2.05, 4.69) is 15.3 Å². The molecule has 5 N–H and O–H groups in total. The van der Waals surface area contributed by atoms with E-state index in [1.807, 2.05) is 0 Å². The first kappa shape index (κ1) is 23.0. The van der Waals surface area contributed by atoms with Crippen molar-refractivity contribution in [2.75, 3.05) is 5.73 Å². The highest BCUT2D eigenvalue weighted by Gasteiger charge is 2.31. The maximum Gasteiger partial charge on any atom is 0.416 e. The first-order chi connectivity index (χ1) is 15.0. The molecule has 0 saturated heterocycles. The second-order valence-corrected chi connectivity index (χ2v) is 7.24. The van der Waals surface area contributed by atoms with Gasteiger partial charge in [0.05, 0.1) is 28.0 Å². The molecule has 0 aliphatic rings. The van der Waals surface area contributed by atoms with Crippen molar-refractivity contribution in [3.8, 4) is 0 Å². The summed E-state index contributed by atoms with van der Waals surface area (Å²) in [6, 6.07) is 9.62. The van der Waals surface area contributed by atoms with E-state index in [4.69, 9.17) is 23.1 Å². The number of primary amides is 1. The van der Waals surface area contributed by atoms with Crippen molar-refractivity contribution < 1.29 is 22.8 Å². The van der Waals surface area contributed by atoms with E-state index in [1.54, 1.807) is 24.3 Å². The molecule has 0 bridgehead atoms. The van der Waals surface area contributed by atoms with Crippen molar-refractivity contribution in [3.63, 3.8) is 0 Å². The van der Waals surface area contributed by atoms with Gasteiger partial charge in [0, 0.05) is 13.0 Å². The number of hydrogen-bond acceptors (Lipinski definition) is 5. The molecule has 0 radical (unpaired) electrons. The van der Waals surface area contributed by atoms with Gasteiger partial charge in [-0.05, 0) is 29.3 Å². The summed E-state index contributed by atoms with van der Waals surface area (Å²) in [5, 5.41) is 2.47. The van der Waals surface area contributed by atoms with Gasteiger partial charge in [-0.2, -0.15) is 13.2 Å². The molecule has 3 rings (SSSR count). The molecular formula is C21H17ClF3N5O2. The smallest absolute Gasteiger partial charge is 0.382 e. The molecule has 7 nitrogen and oxygen atoms in total. The molecule has 0 atom stereocenters. The maximum absolute atomic E-state index is 12.9.